The van der Waals surface area contributed by atoms with Crippen LogP contribution < -0.4 is 5.32 Å². The SMILES string of the molecule is CCn1nc(C)c(CNCCCF)c1C. The molecule has 0 aliphatic heterocycles. The maximum absolute atomic E-state index is 11.9. The number of hydrogen-bond acceptors (Lipinski definition) is 2. The van der Waals surface area contributed by atoms with Gasteiger partial charge < -0.3 is 5.32 Å². The van der Waals surface area contributed by atoms with Gasteiger partial charge in [-0.1, -0.05) is 0 Å². The summed E-state index contributed by atoms with van der Waals surface area (Å²) in [6.45, 7) is 8.35. The Morgan fingerprint density at radius 2 is 2.13 bits per heavy atom. The van der Waals surface area contributed by atoms with Gasteiger partial charge in [0, 0.05) is 24.3 Å². The number of rotatable bonds is 6. The lowest BCUT2D eigenvalue weighted by Crippen LogP contribution is -2.16. The monoisotopic (exact) mass is 213 g/mol. The molecule has 0 amide bonds. The second-order valence-electron chi connectivity index (χ2n) is 3.68. The summed E-state index contributed by atoms with van der Waals surface area (Å²) in [7, 11) is 0. The predicted molar refractivity (Wildman–Crippen MR) is 59.7 cm³/mol. The quantitative estimate of drug-likeness (QED) is 0.732. The highest BCUT2D eigenvalue weighted by atomic mass is 19.1. The molecule has 0 unspecified atom stereocenters. The van der Waals surface area contributed by atoms with Crippen LogP contribution >= 0.6 is 0 Å². The highest BCUT2D eigenvalue weighted by Gasteiger charge is 2.09. The second-order valence-corrected chi connectivity index (χ2v) is 3.68. The summed E-state index contributed by atoms with van der Waals surface area (Å²) < 4.78 is 13.9. The van der Waals surface area contributed by atoms with E-state index in [2.05, 4.69) is 24.3 Å². The molecule has 86 valence electrons. The predicted octanol–water partition coefficient (Wildman–Crippen LogP) is 1.97. The van der Waals surface area contributed by atoms with Crippen LogP contribution in [0.5, 0.6) is 0 Å². The van der Waals surface area contributed by atoms with Gasteiger partial charge in [-0.3, -0.25) is 9.07 Å². The number of nitrogens with one attached hydrogen (secondary N) is 1. The van der Waals surface area contributed by atoms with E-state index >= 15 is 0 Å². The van der Waals surface area contributed by atoms with Gasteiger partial charge in [0.1, 0.15) is 0 Å². The Bertz CT molecular complexity index is 307. The van der Waals surface area contributed by atoms with Crippen molar-refractivity contribution < 1.29 is 4.39 Å². The molecule has 0 bridgehead atoms. The van der Waals surface area contributed by atoms with Gasteiger partial charge in [-0.2, -0.15) is 5.10 Å². The van der Waals surface area contributed by atoms with Crippen molar-refractivity contribution in [2.45, 2.75) is 40.3 Å². The summed E-state index contributed by atoms with van der Waals surface area (Å²) >= 11 is 0. The Hall–Kier alpha value is -0.900. The smallest absolute Gasteiger partial charge is 0.0906 e. The molecule has 0 aliphatic carbocycles. The Morgan fingerprint density at radius 1 is 1.40 bits per heavy atom. The maximum Gasteiger partial charge on any atom is 0.0906 e. The third kappa shape index (κ3) is 3.02. The first kappa shape index (κ1) is 12.2. The van der Waals surface area contributed by atoms with E-state index in [0.717, 1.165) is 25.3 Å². The molecule has 0 saturated carbocycles. The van der Waals surface area contributed by atoms with E-state index < -0.39 is 0 Å². The van der Waals surface area contributed by atoms with E-state index in [-0.39, 0.29) is 6.67 Å². The largest absolute Gasteiger partial charge is 0.312 e. The molecule has 1 N–H and O–H groups in total. The van der Waals surface area contributed by atoms with Crippen molar-refractivity contribution in [2.75, 3.05) is 13.2 Å². The van der Waals surface area contributed by atoms with Crippen molar-refractivity contribution in [1.29, 1.82) is 0 Å². The first-order valence-electron chi connectivity index (χ1n) is 5.50. The fourth-order valence-corrected chi connectivity index (χ4v) is 1.70. The molecule has 0 fully saturated rings. The van der Waals surface area contributed by atoms with Crippen molar-refractivity contribution in [3.05, 3.63) is 17.0 Å². The number of aromatic nitrogens is 2. The zero-order valence-corrected chi connectivity index (χ0v) is 9.81. The van der Waals surface area contributed by atoms with Crippen LogP contribution in [0.4, 0.5) is 4.39 Å². The zero-order valence-electron chi connectivity index (χ0n) is 9.81. The number of aryl methyl sites for hydroxylation is 2. The van der Waals surface area contributed by atoms with Crippen LogP contribution in [-0.2, 0) is 13.1 Å². The molecule has 4 heteroatoms. The van der Waals surface area contributed by atoms with Crippen molar-refractivity contribution in [3.63, 3.8) is 0 Å². The van der Waals surface area contributed by atoms with E-state index in [0.29, 0.717) is 6.42 Å². The standard InChI is InChI=1S/C11H20FN3/c1-4-15-10(3)11(9(2)14-15)8-13-7-5-6-12/h13H,4-8H2,1-3H3. The summed E-state index contributed by atoms with van der Waals surface area (Å²) in [6.07, 6.45) is 0.583. The molecule has 3 nitrogen and oxygen atoms in total. The molecule has 1 heterocycles. The highest BCUT2D eigenvalue weighted by Crippen LogP contribution is 2.12. The minimum Gasteiger partial charge on any atom is -0.312 e. The van der Waals surface area contributed by atoms with Gasteiger partial charge >= 0.3 is 0 Å². The van der Waals surface area contributed by atoms with Gasteiger partial charge in [-0.05, 0) is 33.7 Å². The van der Waals surface area contributed by atoms with Crippen molar-refractivity contribution in [1.82, 2.24) is 15.1 Å². The minimum atomic E-state index is -0.251. The number of halogens is 1. The van der Waals surface area contributed by atoms with Crippen LogP contribution in [-0.4, -0.2) is 23.0 Å². The van der Waals surface area contributed by atoms with Crippen molar-refractivity contribution in [2.24, 2.45) is 0 Å². The minimum absolute atomic E-state index is 0.251. The van der Waals surface area contributed by atoms with Crippen LogP contribution in [0.3, 0.4) is 0 Å². The summed E-state index contributed by atoms with van der Waals surface area (Å²) in [6, 6.07) is 0. The van der Waals surface area contributed by atoms with E-state index in [9.17, 15) is 4.39 Å². The summed E-state index contributed by atoms with van der Waals surface area (Å²) in [4.78, 5) is 0. The van der Waals surface area contributed by atoms with Crippen LogP contribution in [0.15, 0.2) is 0 Å². The average molecular weight is 213 g/mol. The second kappa shape index (κ2) is 5.85. The normalized spacial score (nSPS) is 10.9. The summed E-state index contributed by atoms with van der Waals surface area (Å²) in [5.74, 6) is 0. The highest BCUT2D eigenvalue weighted by molar-refractivity contribution is 5.24. The number of nitrogens with zero attached hydrogens (tertiary/aromatic N) is 2. The molecule has 0 atom stereocenters. The van der Waals surface area contributed by atoms with Gasteiger partial charge in [0.2, 0.25) is 0 Å². The molecule has 0 saturated heterocycles. The molecule has 1 rings (SSSR count). The third-order valence-electron chi connectivity index (χ3n) is 2.62. The van der Waals surface area contributed by atoms with E-state index in [4.69, 9.17) is 0 Å². The first-order chi connectivity index (χ1) is 7.20. The lowest BCUT2D eigenvalue weighted by Gasteiger charge is -2.04. The molecule has 0 spiro atoms. The molecule has 1 aromatic rings. The molecule has 0 radical (unpaired) electrons. The molecule has 15 heavy (non-hydrogen) atoms. The van der Waals surface area contributed by atoms with Crippen LogP contribution in [0.2, 0.25) is 0 Å². The Labute approximate surface area is 90.7 Å². The fraction of sp³-hybridized carbons (Fsp3) is 0.727. The Kier molecular flexibility index (Phi) is 4.75. The van der Waals surface area contributed by atoms with Crippen molar-refractivity contribution >= 4 is 0 Å². The van der Waals surface area contributed by atoms with Crippen LogP contribution in [0, 0.1) is 13.8 Å². The molecular weight excluding hydrogens is 193 g/mol. The lowest BCUT2D eigenvalue weighted by molar-refractivity contribution is 0.459. The summed E-state index contributed by atoms with van der Waals surface area (Å²) in [5.41, 5.74) is 3.53. The van der Waals surface area contributed by atoms with Gasteiger partial charge in [0.25, 0.3) is 0 Å². The molecule has 0 aliphatic rings. The van der Waals surface area contributed by atoms with Crippen LogP contribution in [0.25, 0.3) is 0 Å². The molecule has 0 aromatic carbocycles. The van der Waals surface area contributed by atoms with Gasteiger partial charge in [-0.25, -0.2) is 0 Å². The van der Waals surface area contributed by atoms with E-state index in [1.165, 1.54) is 11.3 Å². The Morgan fingerprint density at radius 3 is 2.67 bits per heavy atom. The first-order valence-corrected chi connectivity index (χ1v) is 5.50. The zero-order chi connectivity index (χ0) is 11.3. The maximum atomic E-state index is 11.9. The fourth-order valence-electron chi connectivity index (χ4n) is 1.70. The van der Waals surface area contributed by atoms with E-state index in [1.807, 2.05) is 11.6 Å². The number of alkyl halides is 1. The van der Waals surface area contributed by atoms with Gasteiger partial charge in [-0.15, -0.1) is 0 Å². The lowest BCUT2D eigenvalue weighted by atomic mass is 10.2. The third-order valence-corrected chi connectivity index (χ3v) is 2.62. The summed E-state index contributed by atoms with van der Waals surface area (Å²) in [5, 5.41) is 7.66. The average Bonchev–Trinajstić information content (AvgIpc) is 2.50. The van der Waals surface area contributed by atoms with Crippen molar-refractivity contribution in [3.8, 4) is 0 Å². The molecular formula is C11H20FN3. The topological polar surface area (TPSA) is 29.9 Å². The van der Waals surface area contributed by atoms with E-state index in [1.54, 1.807) is 0 Å². The van der Waals surface area contributed by atoms with Gasteiger partial charge in [0.05, 0.1) is 12.4 Å². The molecule has 1 aromatic heterocycles. The van der Waals surface area contributed by atoms with Crippen LogP contribution in [0.1, 0.15) is 30.3 Å². The Balaban J connectivity index is 2.56. The van der Waals surface area contributed by atoms with Gasteiger partial charge in [0.15, 0.2) is 0 Å². The number of hydrogen-bond donors (Lipinski definition) is 1.